The lowest BCUT2D eigenvalue weighted by molar-refractivity contribution is 0.687. The fourth-order valence-corrected chi connectivity index (χ4v) is 2.45. The van der Waals surface area contributed by atoms with E-state index in [1.54, 1.807) is 0 Å². The van der Waals surface area contributed by atoms with Gasteiger partial charge in [0.1, 0.15) is 6.07 Å². The minimum Gasteiger partial charge on any atom is -0.373 e. The van der Waals surface area contributed by atoms with Crippen molar-refractivity contribution < 1.29 is 0 Å². The first-order chi connectivity index (χ1) is 9.26. The molecule has 0 atom stereocenters. The minimum absolute atomic E-state index is 0.711. The van der Waals surface area contributed by atoms with Gasteiger partial charge in [0.25, 0.3) is 0 Å². The average Bonchev–Trinajstić information content (AvgIpc) is 3.30. The average molecular weight is 255 g/mol. The van der Waals surface area contributed by atoms with Crippen molar-refractivity contribution in [3.8, 4) is 6.07 Å². The van der Waals surface area contributed by atoms with Crippen molar-refractivity contribution in [2.75, 3.05) is 18.5 Å². The van der Waals surface area contributed by atoms with Crippen LogP contribution in [0, 0.1) is 17.2 Å². The van der Waals surface area contributed by atoms with E-state index >= 15 is 0 Å². The molecule has 3 nitrogen and oxygen atoms in total. The Morgan fingerprint density at radius 2 is 2.11 bits per heavy atom. The van der Waals surface area contributed by atoms with Gasteiger partial charge in [-0.3, -0.25) is 0 Å². The largest absolute Gasteiger partial charge is 0.373 e. The van der Waals surface area contributed by atoms with Gasteiger partial charge in [-0.05, 0) is 49.3 Å². The Morgan fingerprint density at radius 1 is 1.32 bits per heavy atom. The molecule has 1 N–H and O–H groups in total. The van der Waals surface area contributed by atoms with Crippen LogP contribution in [-0.4, -0.2) is 19.6 Å². The van der Waals surface area contributed by atoms with Crippen molar-refractivity contribution in [2.45, 2.75) is 38.3 Å². The molecule has 2 fully saturated rings. The van der Waals surface area contributed by atoms with Crippen molar-refractivity contribution in [1.82, 2.24) is 5.32 Å². The zero-order chi connectivity index (χ0) is 13.2. The van der Waals surface area contributed by atoms with E-state index in [0.717, 1.165) is 30.3 Å². The molecular formula is C16H21N3. The number of nitrogens with zero attached hydrogens (tertiary/aromatic N) is 2. The summed E-state index contributed by atoms with van der Waals surface area (Å²) in [5, 5.41) is 12.8. The summed E-state index contributed by atoms with van der Waals surface area (Å²) < 4.78 is 0. The first kappa shape index (κ1) is 12.5. The van der Waals surface area contributed by atoms with Crippen molar-refractivity contribution in [1.29, 1.82) is 5.26 Å². The molecular weight excluding hydrogens is 234 g/mol. The molecule has 0 spiro atoms. The Bertz CT molecular complexity index is 495. The summed E-state index contributed by atoms with van der Waals surface area (Å²) in [6, 6.07) is 9.34. The van der Waals surface area contributed by atoms with Crippen LogP contribution in [0.15, 0.2) is 18.2 Å². The molecule has 3 heteroatoms. The lowest BCUT2D eigenvalue weighted by Gasteiger charge is -2.20. The fourth-order valence-electron chi connectivity index (χ4n) is 2.45. The second-order valence-corrected chi connectivity index (χ2v) is 5.94. The quantitative estimate of drug-likeness (QED) is 0.849. The van der Waals surface area contributed by atoms with Crippen LogP contribution in [0.4, 0.5) is 5.69 Å². The van der Waals surface area contributed by atoms with Gasteiger partial charge in [0.2, 0.25) is 0 Å². The Hall–Kier alpha value is -1.53. The van der Waals surface area contributed by atoms with Crippen LogP contribution < -0.4 is 10.2 Å². The van der Waals surface area contributed by atoms with E-state index in [0.29, 0.717) is 6.04 Å². The predicted octanol–water partition coefficient (Wildman–Crippen LogP) is 2.66. The van der Waals surface area contributed by atoms with Crippen LogP contribution in [-0.2, 0) is 6.54 Å². The number of nitriles is 1. The van der Waals surface area contributed by atoms with Crippen molar-refractivity contribution in [3.05, 3.63) is 29.3 Å². The highest BCUT2D eigenvalue weighted by molar-refractivity contribution is 5.60. The molecule has 0 heterocycles. The molecule has 0 bridgehead atoms. The van der Waals surface area contributed by atoms with Gasteiger partial charge < -0.3 is 10.2 Å². The van der Waals surface area contributed by atoms with Gasteiger partial charge in [-0.1, -0.05) is 6.07 Å². The van der Waals surface area contributed by atoms with Gasteiger partial charge in [-0.15, -0.1) is 0 Å². The Kier molecular flexibility index (Phi) is 3.44. The lowest BCUT2D eigenvalue weighted by Crippen LogP contribution is -2.21. The molecule has 2 aliphatic carbocycles. The normalized spacial score (nSPS) is 18.1. The van der Waals surface area contributed by atoms with Crippen LogP contribution in [0.1, 0.15) is 36.8 Å². The smallest absolute Gasteiger partial charge is 0.101 e. The summed E-state index contributed by atoms with van der Waals surface area (Å²) >= 11 is 0. The Labute approximate surface area is 115 Å². The second-order valence-electron chi connectivity index (χ2n) is 5.94. The van der Waals surface area contributed by atoms with Crippen LogP contribution in [0.25, 0.3) is 0 Å². The summed E-state index contributed by atoms with van der Waals surface area (Å²) in [6.45, 7) is 1.96. The van der Waals surface area contributed by atoms with E-state index in [-0.39, 0.29) is 0 Å². The third-order valence-electron chi connectivity index (χ3n) is 3.99. The molecule has 2 saturated carbocycles. The molecule has 1 aromatic rings. The molecule has 19 heavy (non-hydrogen) atoms. The van der Waals surface area contributed by atoms with Gasteiger partial charge >= 0.3 is 0 Å². The maximum Gasteiger partial charge on any atom is 0.101 e. The molecule has 0 amide bonds. The van der Waals surface area contributed by atoms with Gasteiger partial charge in [0, 0.05) is 26.2 Å². The number of anilines is 1. The Morgan fingerprint density at radius 3 is 2.74 bits per heavy atom. The number of nitrogens with one attached hydrogen (secondary N) is 1. The number of benzene rings is 1. The summed E-state index contributed by atoms with van der Waals surface area (Å²) in [5.41, 5.74) is 3.09. The first-order valence-corrected chi connectivity index (χ1v) is 7.24. The van der Waals surface area contributed by atoms with Crippen LogP contribution >= 0.6 is 0 Å². The highest BCUT2D eigenvalue weighted by atomic mass is 15.1. The van der Waals surface area contributed by atoms with E-state index in [1.165, 1.54) is 31.2 Å². The summed E-state index contributed by atoms with van der Waals surface area (Å²) in [7, 11) is 2.09. The van der Waals surface area contributed by atoms with Crippen LogP contribution in [0.2, 0.25) is 0 Å². The molecule has 1 aromatic carbocycles. The van der Waals surface area contributed by atoms with E-state index in [2.05, 4.69) is 35.5 Å². The fraction of sp³-hybridized carbons (Fsp3) is 0.562. The zero-order valence-corrected chi connectivity index (χ0v) is 11.5. The Balaban J connectivity index is 1.70. The molecule has 3 rings (SSSR count). The van der Waals surface area contributed by atoms with Crippen molar-refractivity contribution in [2.24, 2.45) is 5.92 Å². The maximum atomic E-state index is 9.33. The standard InChI is InChI=1S/C16H21N3/c1-19(11-12-2-3-12)16-7-4-13(8-14(16)9-17)10-18-15-5-6-15/h4,7-8,12,15,18H,2-3,5-6,10-11H2,1H3. The van der Waals surface area contributed by atoms with Crippen molar-refractivity contribution >= 4 is 5.69 Å². The molecule has 2 aliphatic rings. The molecule has 0 aromatic heterocycles. The first-order valence-electron chi connectivity index (χ1n) is 7.24. The SMILES string of the molecule is CN(CC1CC1)c1ccc(CNC2CC2)cc1C#N. The highest BCUT2D eigenvalue weighted by Gasteiger charge is 2.24. The van der Waals surface area contributed by atoms with Crippen LogP contribution in [0.3, 0.4) is 0 Å². The predicted molar refractivity (Wildman–Crippen MR) is 77.0 cm³/mol. The minimum atomic E-state index is 0.711. The topological polar surface area (TPSA) is 39.1 Å². The third-order valence-corrected chi connectivity index (χ3v) is 3.99. The van der Waals surface area contributed by atoms with Crippen molar-refractivity contribution in [3.63, 3.8) is 0 Å². The maximum absolute atomic E-state index is 9.33. The number of hydrogen-bond donors (Lipinski definition) is 1. The molecule has 0 saturated heterocycles. The van der Waals surface area contributed by atoms with Gasteiger partial charge in [0.05, 0.1) is 11.3 Å². The van der Waals surface area contributed by atoms with E-state index < -0.39 is 0 Å². The van der Waals surface area contributed by atoms with E-state index in [4.69, 9.17) is 0 Å². The third kappa shape index (κ3) is 3.27. The van der Waals surface area contributed by atoms with E-state index in [1.807, 2.05) is 6.07 Å². The lowest BCUT2D eigenvalue weighted by atomic mass is 10.1. The van der Waals surface area contributed by atoms with Gasteiger partial charge in [-0.25, -0.2) is 0 Å². The van der Waals surface area contributed by atoms with E-state index in [9.17, 15) is 5.26 Å². The molecule has 0 radical (unpaired) electrons. The second kappa shape index (κ2) is 5.22. The molecule has 0 aliphatic heterocycles. The zero-order valence-electron chi connectivity index (χ0n) is 11.5. The van der Waals surface area contributed by atoms with Gasteiger partial charge in [-0.2, -0.15) is 5.26 Å². The summed E-state index contributed by atoms with van der Waals surface area (Å²) in [5.74, 6) is 0.841. The monoisotopic (exact) mass is 255 g/mol. The molecule has 100 valence electrons. The number of hydrogen-bond acceptors (Lipinski definition) is 3. The summed E-state index contributed by atoms with van der Waals surface area (Å²) in [6.07, 6.45) is 5.28. The summed E-state index contributed by atoms with van der Waals surface area (Å²) in [4.78, 5) is 2.23. The van der Waals surface area contributed by atoms with Crippen LogP contribution in [0.5, 0.6) is 0 Å². The number of rotatable bonds is 6. The van der Waals surface area contributed by atoms with Gasteiger partial charge in [0.15, 0.2) is 0 Å². The molecule has 0 unspecified atom stereocenters. The highest BCUT2D eigenvalue weighted by Crippen LogP contribution is 2.32.